The van der Waals surface area contributed by atoms with Gasteiger partial charge in [0.2, 0.25) is 5.91 Å². The molecular formula is C19H24N4O3S. The first-order valence-corrected chi connectivity index (χ1v) is 9.65. The van der Waals surface area contributed by atoms with Crippen molar-refractivity contribution in [3.05, 3.63) is 34.3 Å². The maximum atomic E-state index is 12.5. The van der Waals surface area contributed by atoms with Gasteiger partial charge in [0.1, 0.15) is 12.6 Å². The number of anilines is 3. The number of amides is 2. The van der Waals surface area contributed by atoms with Crippen LogP contribution < -0.4 is 15.5 Å². The zero-order chi connectivity index (χ0) is 19.6. The second-order valence-electron chi connectivity index (χ2n) is 6.55. The first kappa shape index (κ1) is 19.3. The molecule has 3 rings (SSSR count). The van der Waals surface area contributed by atoms with Crippen molar-refractivity contribution in [3.8, 4) is 0 Å². The van der Waals surface area contributed by atoms with Gasteiger partial charge in [0.25, 0.3) is 5.91 Å². The van der Waals surface area contributed by atoms with Gasteiger partial charge in [0.05, 0.1) is 5.69 Å². The number of aryl methyl sites for hydroxylation is 2. The zero-order valence-electron chi connectivity index (χ0n) is 16.0. The molecule has 2 heterocycles. The maximum Gasteiger partial charge on any atom is 0.252 e. The number of nitrogens with one attached hydrogen (secondary N) is 2. The molecule has 0 saturated carbocycles. The van der Waals surface area contributed by atoms with E-state index in [2.05, 4.69) is 15.6 Å². The van der Waals surface area contributed by atoms with Crippen LogP contribution in [0.4, 0.5) is 16.5 Å². The molecule has 1 aliphatic heterocycles. The third-order valence-electron chi connectivity index (χ3n) is 4.62. The van der Waals surface area contributed by atoms with E-state index in [1.54, 1.807) is 4.90 Å². The molecule has 2 aromatic rings. The summed E-state index contributed by atoms with van der Waals surface area (Å²) in [5.74, 6) is -0.208. The van der Waals surface area contributed by atoms with Crippen molar-refractivity contribution in [1.29, 1.82) is 0 Å². The number of methoxy groups -OCH3 is 1. The van der Waals surface area contributed by atoms with Crippen molar-refractivity contribution in [2.75, 3.05) is 35.8 Å². The molecule has 2 N–H and O–H groups in total. The summed E-state index contributed by atoms with van der Waals surface area (Å²) in [6.45, 7) is 6.39. The van der Waals surface area contributed by atoms with Gasteiger partial charge in [-0.1, -0.05) is 6.07 Å². The minimum Gasteiger partial charge on any atom is -0.375 e. The number of hydrogen-bond acceptors (Lipinski definition) is 6. The van der Waals surface area contributed by atoms with E-state index in [4.69, 9.17) is 4.74 Å². The second kappa shape index (κ2) is 8.06. The van der Waals surface area contributed by atoms with E-state index in [9.17, 15) is 9.59 Å². The van der Waals surface area contributed by atoms with Gasteiger partial charge in [-0.3, -0.25) is 9.59 Å². The molecule has 27 heavy (non-hydrogen) atoms. The SMILES string of the molecule is COCC(=O)N1CCc2c(NC(C)C(=O)Nc3nc(C)c(C)s3)cccc21. The van der Waals surface area contributed by atoms with Gasteiger partial charge in [0, 0.05) is 35.5 Å². The van der Waals surface area contributed by atoms with Crippen LogP contribution in [0.3, 0.4) is 0 Å². The predicted octanol–water partition coefficient (Wildman–Crippen LogP) is 2.73. The third kappa shape index (κ3) is 4.12. The molecule has 1 aliphatic rings. The average Bonchev–Trinajstić information content (AvgIpc) is 3.19. The summed E-state index contributed by atoms with van der Waals surface area (Å²) in [6.07, 6.45) is 0.743. The molecule has 144 valence electrons. The summed E-state index contributed by atoms with van der Waals surface area (Å²) in [5, 5.41) is 6.74. The van der Waals surface area contributed by atoms with Gasteiger partial charge in [-0.05, 0) is 39.3 Å². The number of nitrogens with zero attached hydrogens (tertiary/aromatic N) is 2. The molecule has 0 radical (unpaired) electrons. The third-order valence-corrected chi connectivity index (χ3v) is 5.61. The Morgan fingerprint density at radius 1 is 1.37 bits per heavy atom. The summed E-state index contributed by atoms with van der Waals surface area (Å²) < 4.78 is 4.96. The molecular weight excluding hydrogens is 364 g/mol. The average molecular weight is 388 g/mol. The van der Waals surface area contributed by atoms with Crippen molar-refractivity contribution in [2.24, 2.45) is 0 Å². The minimum absolute atomic E-state index is 0.0581. The monoisotopic (exact) mass is 388 g/mol. The molecule has 0 aliphatic carbocycles. The highest BCUT2D eigenvalue weighted by Crippen LogP contribution is 2.34. The molecule has 1 aromatic carbocycles. The number of fused-ring (bicyclic) bond motifs is 1. The van der Waals surface area contributed by atoms with E-state index in [0.29, 0.717) is 11.7 Å². The summed E-state index contributed by atoms with van der Waals surface area (Å²) in [4.78, 5) is 31.9. The molecule has 0 saturated heterocycles. The fourth-order valence-corrected chi connectivity index (χ4v) is 3.89. The summed E-state index contributed by atoms with van der Waals surface area (Å²) in [7, 11) is 1.51. The Morgan fingerprint density at radius 2 is 2.15 bits per heavy atom. The van der Waals surface area contributed by atoms with Gasteiger partial charge in [0.15, 0.2) is 5.13 Å². The Labute approximate surface area is 162 Å². The largest absolute Gasteiger partial charge is 0.375 e. The van der Waals surface area contributed by atoms with E-state index in [-0.39, 0.29) is 18.4 Å². The fraction of sp³-hybridized carbons (Fsp3) is 0.421. The van der Waals surface area contributed by atoms with Crippen LogP contribution in [0.1, 0.15) is 23.1 Å². The summed E-state index contributed by atoms with van der Waals surface area (Å²) in [6, 6.07) is 5.31. The Kier molecular flexibility index (Phi) is 5.76. The first-order valence-electron chi connectivity index (χ1n) is 8.83. The van der Waals surface area contributed by atoms with Crippen LogP contribution in [0.25, 0.3) is 0 Å². The van der Waals surface area contributed by atoms with E-state index < -0.39 is 6.04 Å². The normalized spacial score (nSPS) is 14.0. The van der Waals surface area contributed by atoms with E-state index >= 15 is 0 Å². The molecule has 0 spiro atoms. The fourth-order valence-electron chi connectivity index (χ4n) is 3.07. The quantitative estimate of drug-likeness (QED) is 0.795. The van der Waals surface area contributed by atoms with E-state index in [0.717, 1.165) is 33.9 Å². The van der Waals surface area contributed by atoms with Gasteiger partial charge < -0.3 is 20.3 Å². The van der Waals surface area contributed by atoms with Crippen molar-refractivity contribution >= 4 is 39.7 Å². The lowest BCUT2D eigenvalue weighted by Gasteiger charge is -2.19. The number of aromatic nitrogens is 1. The highest BCUT2D eigenvalue weighted by Gasteiger charge is 2.27. The van der Waals surface area contributed by atoms with Crippen molar-refractivity contribution in [1.82, 2.24) is 4.98 Å². The molecule has 2 amide bonds. The standard InChI is InChI=1S/C19H24N4O3S/c1-11-13(3)27-19(21-11)22-18(25)12(2)20-15-6-5-7-16-14(15)8-9-23(16)17(24)10-26-4/h5-7,12,20H,8-10H2,1-4H3,(H,21,22,25). The second-order valence-corrected chi connectivity index (χ2v) is 7.75. The minimum atomic E-state index is -0.440. The lowest BCUT2D eigenvalue weighted by atomic mass is 10.1. The van der Waals surface area contributed by atoms with Crippen LogP contribution in [-0.4, -0.2) is 43.1 Å². The van der Waals surface area contributed by atoms with Crippen LogP contribution in [0.15, 0.2) is 18.2 Å². The van der Waals surface area contributed by atoms with Crippen LogP contribution in [0.5, 0.6) is 0 Å². The summed E-state index contributed by atoms with van der Waals surface area (Å²) in [5.41, 5.74) is 3.72. The lowest BCUT2D eigenvalue weighted by Crippen LogP contribution is -2.32. The van der Waals surface area contributed by atoms with Crippen LogP contribution in [0, 0.1) is 13.8 Å². The Morgan fingerprint density at radius 3 is 2.81 bits per heavy atom. The van der Waals surface area contributed by atoms with Gasteiger partial charge in [-0.15, -0.1) is 11.3 Å². The van der Waals surface area contributed by atoms with E-state index in [1.165, 1.54) is 18.4 Å². The van der Waals surface area contributed by atoms with Gasteiger partial charge in [-0.2, -0.15) is 0 Å². The maximum absolute atomic E-state index is 12.5. The Bertz CT molecular complexity index is 845. The van der Waals surface area contributed by atoms with Crippen molar-refractivity contribution in [3.63, 3.8) is 0 Å². The number of carbonyl (C=O) groups excluding carboxylic acids is 2. The molecule has 0 bridgehead atoms. The number of hydrogen-bond donors (Lipinski definition) is 2. The molecule has 7 nitrogen and oxygen atoms in total. The molecule has 1 aromatic heterocycles. The molecule has 0 fully saturated rings. The van der Waals surface area contributed by atoms with Crippen molar-refractivity contribution in [2.45, 2.75) is 33.2 Å². The van der Waals surface area contributed by atoms with Crippen LogP contribution in [-0.2, 0) is 20.7 Å². The molecule has 8 heteroatoms. The van der Waals surface area contributed by atoms with Crippen LogP contribution >= 0.6 is 11.3 Å². The Hall–Kier alpha value is -2.45. The van der Waals surface area contributed by atoms with Crippen molar-refractivity contribution < 1.29 is 14.3 Å². The highest BCUT2D eigenvalue weighted by atomic mass is 32.1. The van der Waals surface area contributed by atoms with Gasteiger partial charge in [-0.25, -0.2) is 4.98 Å². The lowest BCUT2D eigenvalue weighted by molar-refractivity contribution is -0.122. The number of thiazole rings is 1. The number of ether oxygens (including phenoxy) is 1. The number of carbonyl (C=O) groups is 2. The van der Waals surface area contributed by atoms with Gasteiger partial charge >= 0.3 is 0 Å². The molecule has 1 unspecified atom stereocenters. The Balaban J connectivity index is 1.71. The van der Waals surface area contributed by atoms with Crippen LogP contribution in [0.2, 0.25) is 0 Å². The topological polar surface area (TPSA) is 83.6 Å². The predicted molar refractivity (Wildman–Crippen MR) is 108 cm³/mol. The van der Waals surface area contributed by atoms with E-state index in [1.807, 2.05) is 39.0 Å². The number of rotatable bonds is 6. The summed E-state index contributed by atoms with van der Waals surface area (Å²) >= 11 is 1.47. The number of benzene rings is 1. The molecule has 1 atom stereocenters. The zero-order valence-corrected chi connectivity index (χ0v) is 16.8. The smallest absolute Gasteiger partial charge is 0.252 e. The highest BCUT2D eigenvalue weighted by molar-refractivity contribution is 7.15. The first-order chi connectivity index (χ1) is 12.9.